The fraction of sp³-hybridized carbons (Fsp3) is 1.00. The zero-order valence-corrected chi connectivity index (χ0v) is 25.5. The van der Waals surface area contributed by atoms with E-state index in [1.54, 1.807) is 38.5 Å². The highest BCUT2D eigenvalue weighted by Crippen LogP contribution is 2.60. The third-order valence-corrected chi connectivity index (χ3v) is 14.4. The highest BCUT2D eigenvalue weighted by molar-refractivity contribution is 5.85. The molecule has 0 spiro atoms. The lowest BCUT2D eigenvalue weighted by atomic mass is 9.51. The summed E-state index contributed by atoms with van der Waals surface area (Å²) in [5, 5.41) is 3.61. The molecule has 8 bridgehead atoms. The summed E-state index contributed by atoms with van der Waals surface area (Å²) in [6.45, 7) is 20.3. The quantitative estimate of drug-likeness (QED) is 0.405. The van der Waals surface area contributed by atoms with Gasteiger partial charge in [0, 0.05) is 25.7 Å². The van der Waals surface area contributed by atoms with E-state index in [9.17, 15) is 0 Å². The number of rotatable bonds is 4. The van der Waals surface area contributed by atoms with Gasteiger partial charge in [0.25, 0.3) is 0 Å². The van der Waals surface area contributed by atoms with Crippen LogP contribution in [0.25, 0.3) is 0 Å². The second-order valence-electron chi connectivity index (χ2n) is 16.3. The Balaban J connectivity index is 0.000000188. The summed E-state index contributed by atoms with van der Waals surface area (Å²) in [7, 11) is 0. The highest BCUT2D eigenvalue weighted by Gasteiger charge is 2.55. The van der Waals surface area contributed by atoms with Crippen molar-refractivity contribution in [3.05, 3.63) is 0 Å². The van der Waals surface area contributed by atoms with Crippen LogP contribution >= 0.6 is 12.4 Å². The van der Waals surface area contributed by atoms with Gasteiger partial charge in [0.2, 0.25) is 0 Å². The smallest absolute Gasteiger partial charge is 0.00699 e. The van der Waals surface area contributed by atoms with E-state index in [2.05, 4.69) is 51.8 Å². The van der Waals surface area contributed by atoms with E-state index >= 15 is 0 Å². The van der Waals surface area contributed by atoms with E-state index in [-0.39, 0.29) is 12.4 Å². The van der Waals surface area contributed by atoms with Crippen LogP contribution in [0.15, 0.2) is 0 Å². The number of likely N-dealkylation sites (tertiary alicyclic amines) is 1. The lowest BCUT2D eigenvalue weighted by Gasteiger charge is -2.55. The fourth-order valence-electron chi connectivity index (χ4n) is 11.3. The highest BCUT2D eigenvalue weighted by atomic mass is 35.5. The van der Waals surface area contributed by atoms with E-state index in [0.717, 1.165) is 53.4 Å². The summed E-state index contributed by atoms with van der Waals surface area (Å²) >= 11 is 0. The van der Waals surface area contributed by atoms with Crippen LogP contribution in [0.4, 0.5) is 0 Å². The maximum atomic E-state index is 3.61. The molecule has 6 saturated carbocycles. The molecule has 0 aromatic rings. The van der Waals surface area contributed by atoms with Gasteiger partial charge in [-0.3, -0.25) is 0 Å². The van der Waals surface area contributed by atoms with Crippen molar-refractivity contribution in [2.45, 2.75) is 118 Å². The van der Waals surface area contributed by atoms with Crippen LogP contribution < -0.4 is 5.32 Å². The normalized spacial score (nSPS) is 52.0. The predicted octanol–water partition coefficient (Wildman–Crippen LogP) is 8.05. The first-order valence-corrected chi connectivity index (χ1v) is 16.0. The first-order valence-electron chi connectivity index (χ1n) is 16.0. The largest absolute Gasteiger partial charge is 0.313 e. The zero-order chi connectivity index (χ0) is 24.6. The molecule has 2 heterocycles. The molecule has 4 unspecified atom stereocenters. The molecule has 0 aromatic carbocycles. The van der Waals surface area contributed by atoms with Gasteiger partial charge in [-0.2, -0.15) is 0 Å². The summed E-state index contributed by atoms with van der Waals surface area (Å²) < 4.78 is 0. The Morgan fingerprint density at radius 2 is 1.53 bits per heavy atom. The molecule has 208 valence electrons. The van der Waals surface area contributed by atoms with Gasteiger partial charge in [0.1, 0.15) is 0 Å². The molecule has 2 nitrogen and oxygen atoms in total. The van der Waals surface area contributed by atoms with Crippen molar-refractivity contribution in [1.82, 2.24) is 10.2 Å². The average molecular weight is 519 g/mol. The Bertz CT molecular complexity index is 752. The van der Waals surface area contributed by atoms with Crippen molar-refractivity contribution >= 4 is 12.4 Å². The number of piperidine rings is 2. The van der Waals surface area contributed by atoms with Gasteiger partial charge < -0.3 is 10.2 Å². The summed E-state index contributed by atoms with van der Waals surface area (Å²) in [5.74, 6) is 8.52. The van der Waals surface area contributed by atoms with Gasteiger partial charge >= 0.3 is 0 Å². The third-order valence-electron chi connectivity index (χ3n) is 14.4. The number of hydrogen-bond donors (Lipinski definition) is 1. The molecule has 1 N–H and O–H groups in total. The fourth-order valence-corrected chi connectivity index (χ4v) is 11.3. The zero-order valence-electron chi connectivity index (χ0n) is 24.7. The molecule has 0 amide bonds. The van der Waals surface area contributed by atoms with Crippen molar-refractivity contribution in [3.63, 3.8) is 0 Å². The minimum absolute atomic E-state index is 0. The Morgan fingerprint density at radius 3 is 2.14 bits per heavy atom. The molecule has 8 rings (SSSR count). The predicted molar refractivity (Wildman–Crippen MR) is 156 cm³/mol. The Morgan fingerprint density at radius 1 is 0.861 bits per heavy atom. The second kappa shape index (κ2) is 9.99. The topological polar surface area (TPSA) is 15.3 Å². The molecule has 0 radical (unpaired) electrons. The van der Waals surface area contributed by atoms with Crippen molar-refractivity contribution in [3.8, 4) is 0 Å². The number of halogens is 1. The Labute approximate surface area is 230 Å². The van der Waals surface area contributed by atoms with Crippen molar-refractivity contribution in [1.29, 1.82) is 0 Å². The standard InChI is InChI=1S/C23H39N.C10H19N.ClH/c1-22(2)20-6-7-23(22,3)15-24(14-20)8-4-5-21-18-10-16-9-17(12-18)13-19(21)11-16;1-7-9-4-5-10(7,3)6-11-8(9)2;/h16-21H,4-15H2,1-3H3;7-9,11H,4-6H2,1-3H3;1H/t16?,17?,18?,19?,20?,21?,23-;7?,8?,9?,10-;/m11./s1. The molecule has 3 heteroatoms. The lowest BCUT2D eigenvalue weighted by molar-refractivity contribution is -0.0449. The Kier molecular flexibility index (Phi) is 7.71. The first kappa shape index (κ1) is 27.8. The van der Waals surface area contributed by atoms with Gasteiger partial charge in [-0.15, -0.1) is 12.4 Å². The number of nitrogens with one attached hydrogen (secondary N) is 1. The number of hydrogen-bond acceptors (Lipinski definition) is 2. The monoisotopic (exact) mass is 518 g/mol. The molecule has 0 aromatic heterocycles. The summed E-state index contributed by atoms with van der Waals surface area (Å²) in [5.41, 5.74) is 1.78. The van der Waals surface area contributed by atoms with Crippen molar-refractivity contribution < 1.29 is 0 Å². The van der Waals surface area contributed by atoms with E-state index < -0.39 is 0 Å². The SMILES string of the molecule is CC1(C)C2CC[C@]1(C)CN(CCCC1C3CC4CC(C3)CC1C4)C2.CC1NC[C@@]2(C)CCC1C2C.Cl. The van der Waals surface area contributed by atoms with Gasteiger partial charge in [-0.1, -0.05) is 34.6 Å². The minimum atomic E-state index is 0. The first-order chi connectivity index (χ1) is 16.6. The summed E-state index contributed by atoms with van der Waals surface area (Å²) in [6, 6.07) is 0.764. The lowest BCUT2D eigenvalue weighted by Crippen LogP contribution is -2.52. The third kappa shape index (κ3) is 4.64. The van der Waals surface area contributed by atoms with E-state index in [1.807, 2.05) is 0 Å². The molecular formula is C33H59ClN2. The molecule has 6 atom stereocenters. The molecule has 2 saturated heterocycles. The maximum Gasteiger partial charge on any atom is 0.00699 e. The molecule has 6 aliphatic carbocycles. The number of nitrogens with zero attached hydrogens (tertiary/aromatic N) is 1. The van der Waals surface area contributed by atoms with Crippen LogP contribution in [-0.4, -0.2) is 37.1 Å². The van der Waals surface area contributed by atoms with E-state index in [1.165, 1.54) is 58.3 Å². The maximum absolute atomic E-state index is 3.61. The van der Waals surface area contributed by atoms with Crippen molar-refractivity contribution in [2.75, 3.05) is 26.2 Å². The van der Waals surface area contributed by atoms with E-state index in [4.69, 9.17) is 0 Å². The molecule has 8 fully saturated rings. The summed E-state index contributed by atoms with van der Waals surface area (Å²) in [6.07, 6.45) is 16.9. The van der Waals surface area contributed by atoms with Crippen LogP contribution in [0, 0.1) is 63.6 Å². The van der Waals surface area contributed by atoms with Crippen molar-refractivity contribution in [2.24, 2.45) is 63.6 Å². The second-order valence-corrected chi connectivity index (χ2v) is 16.3. The summed E-state index contributed by atoms with van der Waals surface area (Å²) in [4.78, 5) is 2.86. The van der Waals surface area contributed by atoms with Crippen LogP contribution in [-0.2, 0) is 0 Å². The molecule has 2 aliphatic heterocycles. The molecule has 8 aliphatic rings. The van der Waals surface area contributed by atoms with Gasteiger partial charge in [-0.05, 0) is 148 Å². The molecular weight excluding hydrogens is 460 g/mol. The van der Waals surface area contributed by atoms with Crippen LogP contribution in [0.5, 0.6) is 0 Å². The van der Waals surface area contributed by atoms with Gasteiger partial charge in [-0.25, -0.2) is 0 Å². The minimum Gasteiger partial charge on any atom is -0.313 e. The van der Waals surface area contributed by atoms with Crippen LogP contribution in [0.3, 0.4) is 0 Å². The van der Waals surface area contributed by atoms with E-state index in [0.29, 0.717) is 16.2 Å². The van der Waals surface area contributed by atoms with Crippen LogP contribution in [0.1, 0.15) is 112 Å². The average Bonchev–Trinajstić information content (AvgIpc) is 3.04. The molecule has 36 heavy (non-hydrogen) atoms. The Hall–Kier alpha value is 0.210. The van der Waals surface area contributed by atoms with Gasteiger partial charge in [0.05, 0.1) is 0 Å². The number of fused-ring (bicyclic) bond motifs is 4. The van der Waals surface area contributed by atoms with Crippen LogP contribution in [0.2, 0.25) is 0 Å². The van der Waals surface area contributed by atoms with Gasteiger partial charge in [0.15, 0.2) is 0 Å².